The number of aromatic nitrogens is 4. The van der Waals surface area contributed by atoms with Crippen molar-refractivity contribution in [2.45, 2.75) is 97.0 Å². The highest BCUT2D eigenvalue weighted by atomic mass is 16.5. The average Bonchev–Trinajstić information content (AvgIpc) is 3.75. The van der Waals surface area contributed by atoms with Crippen LogP contribution in [-0.4, -0.2) is 65.8 Å². The molecule has 0 radical (unpaired) electrons. The molecular formula is C52H56N6O7. The summed E-state index contributed by atoms with van der Waals surface area (Å²) >= 11 is 0. The number of hydrogen-bond acceptors (Lipinski definition) is 8. The second kappa shape index (κ2) is 20.9. The predicted molar refractivity (Wildman–Crippen MR) is 251 cm³/mol. The van der Waals surface area contributed by atoms with Gasteiger partial charge in [0.1, 0.15) is 17.5 Å². The molecule has 1 saturated heterocycles. The molecule has 8 rings (SSSR count). The van der Waals surface area contributed by atoms with E-state index in [1.54, 1.807) is 23.8 Å². The number of nitrogens with zero attached hydrogens (tertiary/aromatic N) is 5. The Bertz CT molecular complexity index is 2810. The number of ether oxygens (including phenoxy) is 2. The summed E-state index contributed by atoms with van der Waals surface area (Å²) in [4.78, 5) is 60.0. The van der Waals surface area contributed by atoms with Crippen LogP contribution in [0.2, 0.25) is 0 Å². The van der Waals surface area contributed by atoms with Gasteiger partial charge in [0.05, 0.1) is 42.6 Å². The molecule has 1 fully saturated rings. The van der Waals surface area contributed by atoms with Crippen molar-refractivity contribution in [1.29, 1.82) is 0 Å². The fraction of sp³-hybridized carbons (Fsp3) is 0.308. The Kier molecular flexibility index (Phi) is 14.7. The van der Waals surface area contributed by atoms with Crippen LogP contribution in [-0.2, 0) is 48.5 Å². The highest BCUT2D eigenvalue weighted by Gasteiger charge is 2.37. The Labute approximate surface area is 378 Å². The number of nitrogens with one attached hydrogen (secondary N) is 1. The SMILES string of the molecule is CCCn1c(CCCc2ccc(OC(C)(C)C(=O)O)cc2)cn(Cc2ccc3ccccc3n2)c1=O.COc1ccc(CCCC2NC(=O)N(Cc3ccc4ccccc4n3)C2=O)cc1. The van der Waals surface area contributed by atoms with Gasteiger partial charge >= 0.3 is 17.7 Å². The lowest BCUT2D eigenvalue weighted by atomic mass is 10.0. The number of aliphatic carboxylic acids is 1. The van der Waals surface area contributed by atoms with Gasteiger partial charge in [-0.2, -0.15) is 0 Å². The van der Waals surface area contributed by atoms with Crippen LogP contribution in [0.4, 0.5) is 4.79 Å². The number of carbonyl (C=O) groups is 3. The van der Waals surface area contributed by atoms with Crippen LogP contribution in [0.25, 0.3) is 21.8 Å². The van der Waals surface area contributed by atoms with Gasteiger partial charge in [-0.3, -0.25) is 28.8 Å². The summed E-state index contributed by atoms with van der Waals surface area (Å²) in [7, 11) is 1.64. The number of fused-ring (bicyclic) bond motifs is 2. The van der Waals surface area contributed by atoms with Crippen molar-refractivity contribution in [3.05, 3.63) is 166 Å². The molecule has 2 N–H and O–H groups in total. The largest absolute Gasteiger partial charge is 0.497 e. The van der Waals surface area contributed by atoms with Crippen LogP contribution in [0.3, 0.4) is 0 Å². The van der Waals surface area contributed by atoms with Gasteiger partial charge in [-0.1, -0.05) is 79.7 Å². The van der Waals surface area contributed by atoms with Crippen molar-refractivity contribution in [3.63, 3.8) is 0 Å². The van der Waals surface area contributed by atoms with E-state index >= 15 is 0 Å². The third-order valence-electron chi connectivity index (χ3n) is 11.5. The van der Waals surface area contributed by atoms with Crippen LogP contribution < -0.4 is 20.5 Å². The first-order valence-corrected chi connectivity index (χ1v) is 22.1. The van der Waals surface area contributed by atoms with Crippen LogP contribution in [0, 0.1) is 0 Å². The third kappa shape index (κ3) is 11.7. The number of carboxylic acid groups (broad SMARTS) is 1. The van der Waals surface area contributed by atoms with E-state index < -0.39 is 17.6 Å². The maximum atomic E-state index is 13.1. The van der Waals surface area contributed by atoms with Crippen LogP contribution >= 0.6 is 0 Å². The summed E-state index contributed by atoms with van der Waals surface area (Å²) < 4.78 is 14.4. The van der Waals surface area contributed by atoms with E-state index in [1.165, 1.54) is 24.3 Å². The Balaban J connectivity index is 0.000000198. The fourth-order valence-corrected chi connectivity index (χ4v) is 7.85. The molecule has 3 aromatic heterocycles. The number of hydrogen-bond donors (Lipinski definition) is 2. The van der Waals surface area contributed by atoms with E-state index in [-0.39, 0.29) is 24.2 Å². The standard InChI is InChI=1S/C29H33N3O4.C23H23N3O3/c1-4-18-32-24(10-7-8-21-12-16-25(17-13-21)36-29(2,3)27(33)34)20-31(28(32)35)19-23-15-14-22-9-5-6-11-26(22)30-23;1-29-19-13-9-16(10-14-19)5-4-8-21-22(27)26(23(28)25-21)15-18-12-11-17-6-2-3-7-20(17)24-18/h5-6,9,11-17,20H,4,7-8,10,18-19H2,1-3H3,(H,33,34);2-3,6-7,9-14,21H,4-5,8,15H2,1H3,(H,25,28). The number of imide groups is 1. The van der Waals surface area contributed by atoms with Gasteiger partial charge in [0.2, 0.25) is 0 Å². The lowest BCUT2D eigenvalue weighted by Gasteiger charge is -2.21. The summed E-state index contributed by atoms with van der Waals surface area (Å²) in [6.07, 6.45) is 7.65. The number of methoxy groups -OCH3 is 1. The Morgan fingerprint density at radius 2 is 1.29 bits per heavy atom. The van der Waals surface area contributed by atoms with E-state index in [0.717, 1.165) is 83.0 Å². The normalized spacial score (nSPS) is 13.7. The number of para-hydroxylation sites is 2. The molecule has 4 heterocycles. The molecule has 13 heteroatoms. The second-order valence-electron chi connectivity index (χ2n) is 16.8. The number of carboxylic acids is 1. The quantitative estimate of drug-likeness (QED) is 0.0805. The number of pyridine rings is 2. The predicted octanol–water partition coefficient (Wildman–Crippen LogP) is 8.76. The molecule has 1 unspecified atom stereocenters. The molecule has 0 saturated carbocycles. The van der Waals surface area contributed by atoms with Crippen molar-refractivity contribution in [2.75, 3.05) is 7.11 Å². The number of benzene rings is 4. The van der Waals surface area contributed by atoms with E-state index in [0.29, 0.717) is 31.0 Å². The van der Waals surface area contributed by atoms with Crippen molar-refractivity contribution in [1.82, 2.24) is 29.3 Å². The zero-order valence-corrected chi connectivity index (χ0v) is 37.4. The minimum absolute atomic E-state index is 0.00403. The van der Waals surface area contributed by atoms with Crippen LogP contribution in [0.15, 0.2) is 132 Å². The molecule has 3 amide bonds. The van der Waals surface area contributed by atoms with Gasteiger partial charge in [0.25, 0.3) is 5.91 Å². The minimum Gasteiger partial charge on any atom is -0.497 e. The molecule has 7 aromatic rings. The Morgan fingerprint density at radius 3 is 1.88 bits per heavy atom. The zero-order chi connectivity index (χ0) is 45.9. The monoisotopic (exact) mass is 876 g/mol. The molecule has 4 aromatic carbocycles. The lowest BCUT2D eigenvalue weighted by molar-refractivity contribution is -0.152. The lowest BCUT2D eigenvalue weighted by Crippen LogP contribution is -2.37. The smallest absolute Gasteiger partial charge is 0.347 e. The minimum atomic E-state index is -1.28. The highest BCUT2D eigenvalue weighted by molar-refractivity contribution is 6.04. The zero-order valence-electron chi connectivity index (χ0n) is 37.4. The molecule has 0 spiro atoms. The summed E-state index contributed by atoms with van der Waals surface area (Å²) in [5.74, 6) is 0.167. The number of amides is 3. The molecule has 65 heavy (non-hydrogen) atoms. The number of urea groups is 1. The van der Waals surface area contributed by atoms with E-state index in [4.69, 9.17) is 14.5 Å². The third-order valence-corrected chi connectivity index (χ3v) is 11.5. The van der Waals surface area contributed by atoms with Gasteiger partial charge in [-0.15, -0.1) is 0 Å². The van der Waals surface area contributed by atoms with Crippen LogP contribution in [0.5, 0.6) is 11.5 Å². The first-order chi connectivity index (χ1) is 31.4. The van der Waals surface area contributed by atoms with Gasteiger partial charge < -0.3 is 19.9 Å². The van der Waals surface area contributed by atoms with E-state index in [9.17, 15) is 24.3 Å². The summed E-state index contributed by atoms with van der Waals surface area (Å²) in [5, 5.41) is 14.2. The number of carbonyl (C=O) groups excluding carboxylic acids is 2. The summed E-state index contributed by atoms with van der Waals surface area (Å²) in [6, 6.07) is 38.2. The molecule has 13 nitrogen and oxygen atoms in total. The highest BCUT2D eigenvalue weighted by Crippen LogP contribution is 2.22. The van der Waals surface area contributed by atoms with E-state index in [1.807, 2.05) is 120 Å². The Morgan fingerprint density at radius 1 is 0.723 bits per heavy atom. The number of aryl methyl sites for hydroxylation is 3. The average molecular weight is 877 g/mol. The molecule has 1 aliphatic heterocycles. The van der Waals surface area contributed by atoms with E-state index in [2.05, 4.69) is 17.2 Å². The van der Waals surface area contributed by atoms with Gasteiger partial charge in [0, 0.05) is 29.2 Å². The molecular weight excluding hydrogens is 821 g/mol. The van der Waals surface area contributed by atoms with Crippen LogP contribution in [0.1, 0.15) is 74.7 Å². The first-order valence-electron chi connectivity index (χ1n) is 22.1. The topological polar surface area (TPSA) is 158 Å². The van der Waals surface area contributed by atoms with Crippen molar-refractivity contribution in [2.24, 2.45) is 0 Å². The molecule has 0 aliphatic carbocycles. The molecule has 336 valence electrons. The summed E-state index contributed by atoms with van der Waals surface area (Å²) in [5.41, 5.74) is 5.43. The second-order valence-corrected chi connectivity index (χ2v) is 16.8. The summed E-state index contributed by atoms with van der Waals surface area (Å²) in [6.45, 7) is 6.46. The van der Waals surface area contributed by atoms with Crippen molar-refractivity contribution in [3.8, 4) is 11.5 Å². The maximum Gasteiger partial charge on any atom is 0.347 e. The maximum absolute atomic E-state index is 13.1. The molecule has 1 atom stereocenters. The Hall–Kier alpha value is -7.28. The number of imidazole rings is 1. The fourth-order valence-electron chi connectivity index (χ4n) is 7.85. The van der Waals surface area contributed by atoms with Crippen molar-refractivity contribution < 1.29 is 29.0 Å². The van der Waals surface area contributed by atoms with Gasteiger partial charge in [0.15, 0.2) is 5.60 Å². The first kappa shape index (κ1) is 45.7. The van der Waals surface area contributed by atoms with Gasteiger partial charge in [-0.25, -0.2) is 14.4 Å². The molecule has 0 bridgehead atoms. The molecule has 1 aliphatic rings. The van der Waals surface area contributed by atoms with Gasteiger partial charge in [-0.05, 0) is 118 Å². The number of rotatable bonds is 18. The van der Waals surface area contributed by atoms with Crippen molar-refractivity contribution >= 4 is 39.7 Å².